The highest BCUT2D eigenvalue weighted by Crippen LogP contribution is 2.33. The van der Waals surface area contributed by atoms with Gasteiger partial charge in [-0.15, -0.1) is 0 Å². The van der Waals surface area contributed by atoms with Gasteiger partial charge in [-0.1, -0.05) is 54.6 Å². The Morgan fingerprint density at radius 3 is 2.22 bits per heavy atom. The summed E-state index contributed by atoms with van der Waals surface area (Å²) in [7, 11) is 0. The lowest BCUT2D eigenvalue weighted by Gasteiger charge is -2.37. The monoisotopic (exact) mass is 620 g/mol. The molecule has 0 spiro atoms. The Bertz CT molecular complexity index is 1840. The van der Waals surface area contributed by atoms with E-state index in [1.165, 1.54) is 6.92 Å². The van der Waals surface area contributed by atoms with Crippen LogP contribution < -0.4 is 21.9 Å². The van der Waals surface area contributed by atoms with Gasteiger partial charge >= 0.3 is 11.9 Å². The molecule has 0 amide bonds. The Morgan fingerprint density at radius 1 is 0.889 bits per heavy atom. The Morgan fingerprint density at radius 2 is 1.56 bits per heavy atom. The lowest BCUT2D eigenvalue weighted by atomic mass is 10.1. The minimum absolute atomic E-state index is 0.134. The van der Waals surface area contributed by atoms with Crippen LogP contribution in [0, 0.1) is 24.1 Å². The van der Waals surface area contributed by atoms with Crippen molar-refractivity contribution in [3.63, 3.8) is 0 Å². The third-order valence-corrected chi connectivity index (χ3v) is 8.22. The van der Waals surface area contributed by atoms with Crippen molar-refractivity contribution in [1.82, 2.24) is 14.0 Å². The summed E-state index contributed by atoms with van der Waals surface area (Å²) < 4.78 is 58.6. The largest absolute Gasteiger partial charge is 0.416 e. The molecule has 1 unspecified atom stereocenters. The number of hydrogen-bond donors (Lipinski definition) is 1. The number of halogens is 4. The first-order valence-electron chi connectivity index (χ1n) is 14.4. The van der Waals surface area contributed by atoms with Crippen molar-refractivity contribution in [2.24, 2.45) is 5.73 Å². The maximum Gasteiger partial charge on any atom is 0.416 e. The molecule has 3 aromatic carbocycles. The van der Waals surface area contributed by atoms with Crippen LogP contribution >= 0.6 is 0 Å². The van der Waals surface area contributed by atoms with Crippen molar-refractivity contribution < 1.29 is 17.6 Å². The van der Waals surface area contributed by atoms with Crippen LogP contribution in [0.1, 0.15) is 39.6 Å². The van der Waals surface area contributed by atoms with Crippen LogP contribution in [0.15, 0.2) is 82.4 Å². The Kier molecular flexibility index (Phi) is 9.22. The van der Waals surface area contributed by atoms with Crippen molar-refractivity contribution >= 4 is 5.69 Å². The fourth-order valence-corrected chi connectivity index (χ4v) is 5.78. The summed E-state index contributed by atoms with van der Waals surface area (Å²) in [5, 5.41) is 9.46. The molecule has 5 rings (SSSR count). The van der Waals surface area contributed by atoms with Gasteiger partial charge in [-0.05, 0) is 36.2 Å². The van der Waals surface area contributed by atoms with Crippen LogP contribution in [0.4, 0.5) is 23.2 Å². The second-order valence-electron chi connectivity index (χ2n) is 11.0. The molecule has 1 fully saturated rings. The molecule has 2 heterocycles. The van der Waals surface area contributed by atoms with Gasteiger partial charge < -0.3 is 10.6 Å². The molecule has 1 aliphatic rings. The normalized spacial score (nSPS) is 14.7. The lowest BCUT2D eigenvalue weighted by molar-refractivity contribution is -0.138. The van der Waals surface area contributed by atoms with Crippen molar-refractivity contribution in [3.05, 3.63) is 133 Å². The highest BCUT2D eigenvalue weighted by molar-refractivity contribution is 5.50. The van der Waals surface area contributed by atoms with Gasteiger partial charge in [-0.2, -0.15) is 18.4 Å². The van der Waals surface area contributed by atoms with Crippen LogP contribution in [0.25, 0.3) is 0 Å². The molecule has 1 saturated heterocycles. The summed E-state index contributed by atoms with van der Waals surface area (Å²) in [6.07, 6.45) is -4.86. The van der Waals surface area contributed by atoms with E-state index in [0.29, 0.717) is 43.9 Å². The standard InChI is InChI=1S/C33H32F4N6O2/c1-22-30(41-16-14-40(15-17-41)19-25-11-6-5-10-24(25)18-38)31(44)43(21-29(39)23-8-3-2-4-9-23)32(45)42(22)20-26-27(33(35,36)37)12-7-13-28(26)34/h2-13,29H,14-17,19-21,39H2,1H3. The molecule has 8 nitrogen and oxygen atoms in total. The van der Waals surface area contributed by atoms with Gasteiger partial charge in [0.25, 0.3) is 5.56 Å². The summed E-state index contributed by atoms with van der Waals surface area (Å²) in [5.74, 6) is -1.11. The number of alkyl halides is 3. The molecule has 1 atom stereocenters. The van der Waals surface area contributed by atoms with Crippen LogP contribution in [0.5, 0.6) is 0 Å². The molecular weight excluding hydrogens is 588 g/mol. The van der Waals surface area contributed by atoms with E-state index in [2.05, 4.69) is 11.0 Å². The molecule has 234 valence electrons. The molecule has 1 aromatic heterocycles. The van der Waals surface area contributed by atoms with E-state index in [-0.39, 0.29) is 17.9 Å². The zero-order valence-corrected chi connectivity index (χ0v) is 24.6. The zero-order valence-electron chi connectivity index (χ0n) is 24.6. The van der Waals surface area contributed by atoms with Crippen molar-refractivity contribution in [2.45, 2.75) is 38.8 Å². The van der Waals surface area contributed by atoms with E-state index < -0.39 is 47.0 Å². The summed E-state index contributed by atoms with van der Waals surface area (Å²) in [6, 6.07) is 20.2. The average Bonchev–Trinajstić information content (AvgIpc) is 3.03. The van der Waals surface area contributed by atoms with E-state index in [1.807, 2.05) is 12.1 Å². The summed E-state index contributed by atoms with van der Waals surface area (Å²) in [5.41, 5.74) is 5.41. The number of piperazine rings is 1. The van der Waals surface area contributed by atoms with Crippen molar-refractivity contribution in [2.75, 3.05) is 31.1 Å². The second kappa shape index (κ2) is 13.1. The van der Waals surface area contributed by atoms with Crippen LogP contribution in [-0.2, 0) is 25.8 Å². The molecule has 0 bridgehead atoms. The van der Waals surface area contributed by atoms with Gasteiger partial charge in [0.15, 0.2) is 0 Å². The predicted molar refractivity (Wildman–Crippen MR) is 162 cm³/mol. The Balaban J connectivity index is 1.54. The first kappa shape index (κ1) is 31.7. The Labute approximate surface area is 257 Å². The first-order valence-corrected chi connectivity index (χ1v) is 14.4. The van der Waals surface area contributed by atoms with Gasteiger partial charge in [0.1, 0.15) is 11.5 Å². The molecule has 2 N–H and O–H groups in total. The summed E-state index contributed by atoms with van der Waals surface area (Å²) >= 11 is 0. The molecule has 45 heavy (non-hydrogen) atoms. The minimum Gasteiger partial charge on any atom is -0.363 e. The fraction of sp³-hybridized carbons (Fsp3) is 0.303. The molecule has 1 aliphatic heterocycles. The molecule has 0 aliphatic carbocycles. The molecular formula is C33H32F4N6O2. The number of anilines is 1. The third-order valence-electron chi connectivity index (χ3n) is 8.22. The number of nitrogens with two attached hydrogens (primary N) is 1. The SMILES string of the molecule is Cc1c(N2CCN(Cc3ccccc3C#N)CC2)c(=O)n(CC(N)c2ccccc2)c(=O)n1Cc1c(F)cccc1C(F)(F)F. The number of aromatic nitrogens is 2. The number of rotatable bonds is 8. The van der Waals surface area contributed by atoms with E-state index in [1.54, 1.807) is 47.4 Å². The number of benzene rings is 3. The molecule has 0 radical (unpaired) electrons. The lowest BCUT2D eigenvalue weighted by Crippen LogP contribution is -2.51. The zero-order chi connectivity index (χ0) is 32.3. The highest BCUT2D eigenvalue weighted by Gasteiger charge is 2.35. The van der Waals surface area contributed by atoms with Crippen LogP contribution in [-0.4, -0.2) is 40.2 Å². The minimum atomic E-state index is -4.86. The quantitative estimate of drug-likeness (QED) is 0.293. The first-order chi connectivity index (χ1) is 21.5. The number of hydrogen-bond acceptors (Lipinski definition) is 6. The number of nitriles is 1. The Hall–Kier alpha value is -4.73. The molecule has 12 heteroatoms. The van der Waals surface area contributed by atoms with E-state index in [4.69, 9.17) is 5.73 Å². The molecule has 4 aromatic rings. The van der Waals surface area contributed by atoms with Crippen molar-refractivity contribution in [1.29, 1.82) is 5.26 Å². The van der Waals surface area contributed by atoms with E-state index in [0.717, 1.165) is 32.9 Å². The van der Waals surface area contributed by atoms with E-state index in [9.17, 15) is 32.4 Å². The van der Waals surface area contributed by atoms with Crippen LogP contribution in [0.2, 0.25) is 0 Å². The topological polar surface area (TPSA) is 100 Å². The number of nitrogens with zero attached hydrogens (tertiary/aromatic N) is 5. The smallest absolute Gasteiger partial charge is 0.363 e. The maximum atomic E-state index is 14.9. The molecule has 0 saturated carbocycles. The fourth-order valence-electron chi connectivity index (χ4n) is 5.78. The maximum absolute atomic E-state index is 14.9. The summed E-state index contributed by atoms with van der Waals surface area (Å²) in [6.45, 7) is 2.85. The van der Waals surface area contributed by atoms with Crippen LogP contribution in [0.3, 0.4) is 0 Å². The van der Waals surface area contributed by atoms with Gasteiger partial charge in [0.2, 0.25) is 0 Å². The third kappa shape index (κ3) is 6.69. The van der Waals surface area contributed by atoms with E-state index >= 15 is 0 Å². The predicted octanol–water partition coefficient (Wildman–Crippen LogP) is 4.42. The van der Waals surface area contributed by atoms with Gasteiger partial charge in [0.05, 0.1) is 30.3 Å². The van der Waals surface area contributed by atoms with Gasteiger partial charge in [-0.25, -0.2) is 9.18 Å². The summed E-state index contributed by atoms with van der Waals surface area (Å²) in [4.78, 5) is 31.7. The van der Waals surface area contributed by atoms with Gasteiger partial charge in [-0.3, -0.25) is 18.8 Å². The van der Waals surface area contributed by atoms with Crippen molar-refractivity contribution in [3.8, 4) is 6.07 Å². The highest BCUT2D eigenvalue weighted by atomic mass is 19.4. The average molecular weight is 621 g/mol. The second-order valence-corrected chi connectivity index (χ2v) is 11.0. The van der Waals surface area contributed by atoms with Gasteiger partial charge in [0, 0.05) is 50.0 Å².